The van der Waals surface area contributed by atoms with Crippen LogP contribution in [0.15, 0.2) is 23.3 Å². The summed E-state index contributed by atoms with van der Waals surface area (Å²) in [6, 6.07) is 0. The van der Waals surface area contributed by atoms with Crippen LogP contribution >= 0.6 is 12.6 Å². The van der Waals surface area contributed by atoms with E-state index in [4.69, 9.17) is 12.6 Å². The molecule has 0 saturated heterocycles. The largest absolute Gasteiger partial charge is 0.171 e. The smallest absolute Gasteiger partial charge is 0.0263 e. The van der Waals surface area contributed by atoms with Crippen LogP contribution in [-0.4, -0.2) is 5.25 Å². The predicted molar refractivity (Wildman–Crippen MR) is 88.8 cm³/mol. The quantitative estimate of drug-likeness (QED) is 0.570. The minimum atomic E-state index is 0.469. The Morgan fingerprint density at radius 2 is 2.16 bits per heavy atom. The van der Waals surface area contributed by atoms with Crippen molar-refractivity contribution in [2.75, 3.05) is 0 Å². The van der Waals surface area contributed by atoms with Crippen LogP contribution in [0, 0.1) is 11.8 Å². The highest BCUT2D eigenvalue weighted by Gasteiger charge is 2.27. The number of allylic oxidation sites excluding steroid dienone is 3. The maximum Gasteiger partial charge on any atom is 0.0263 e. The molecule has 1 fully saturated rings. The lowest BCUT2D eigenvalue weighted by Crippen LogP contribution is -2.21. The van der Waals surface area contributed by atoms with E-state index in [1.807, 2.05) is 0 Å². The third kappa shape index (κ3) is 4.15. The fraction of sp³-hybridized carbons (Fsp3) is 0.778. The van der Waals surface area contributed by atoms with E-state index >= 15 is 0 Å². The SMILES string of the molecule is CCCCC1CCC2=CC(C(S)CCC)=CCC2C1. The Bertz CT molecular complexity index is 340. The van der Waals surface area contributed by atoms with Crippen molar-refractivity contribution >= 4 is 12.6 Å². The molecule has 0 nitrogen and oxygen atoms in total. The maximum atomic E-state index is 4.76. The van der Waals surface area contributed by atoms with Gasteiger partial charge in [-0.2, -0.15) is 12.6 Å². The molecule has 0 aromatic heterocycles. The number of hydrogen-bond acceptors (Lipinski definition) is 1. The molecule has 2 aliphatic carbocycles. The molecule has 1 saturated carbocycles. The van der Waals surface area contributed by atoms with Gasteiger partial charge < -0.3 is 0 Å². The molecule has 0 bridgehead atoms. The summed E-state index contributed by atoms with van der Waals surface area (Å²) in [5.41, 5.74) is 3.24. The Kier molecular flexibility index (Phi) is 6.06. The second-order valence-corrected chi connectivity index (χ2v) is 7.07. The molecule has 3 unspecified atom stereocenters. The fourth-order valence-electron chi connectivity index (χ4n) is 3.66. The molecule has 0 radical (unpaired) electrons. The molecule has 3 atom stereocenters. The van der Waals surface area contributed by atoms with Crippen LogP contribution in [0.1, 0.15) is 71.6 Å². The maximum absolute atomic E-state index is 4.76. The first-order chi connectivity index (χ1) is 9.24. The minimum absolute atomic E-state index is 0.469. The Morgan fingerprint density at radius 3 is 2.89 bits per heavy atom. The summed E-state index contributed by atoms with van der Waals surface area (Å²) < 4.78 is 0. The normalized spacial score (nSPS) is 28.4. The zero-order chi connectivity index (χ0) is 13.7. The van der Waals surface area contributed by atoms with Crippen molar-refractivity contribution in [3.63, 3.8) is 0 Å². The van der Waals surface area contributed by atoms with Crippen molar-refractivity contribution in [1.29, 1.82) is 0 Å². The molecule has 0 aromatic carbocycles. The highest BCUT2D eigenvalue weighted by atomic mass is 32.1. The summed E-state index contributed by atoms with van der Waals surface area (Å²) >= 11 is 4.76. The molecule has 0 spiro atoms. The lowest BCUT2D eigenvalue weighted by atomic mass is 9.72. The van der Waals surface area contributed by atoms with Crippen molar-refractivity contribution in [1.82, 2.24) is 0 Å². The lowest BCUT2D eigenvalue weighted by molar-refractivity contribution is 0.306. The van der Waals surface area contributed by atoms with Gasteiger partial charge in [-0.15, -0.1) is 0 Å². The van der Waals surface area contributed by atoms with Gasteiger partial charge in [0.05, 0.1) is 0 Å². The van der Waals surface area contributed by atoms with Crippen LogP contribution in [0.5, 0.6) is 0 Å². The van der Waals surface area contributed by atoms with Crippen LogP contribution in [0.3, 0.4) is 0 Å². The van der Waals surface area contributed by atoms with Gasteiger partial charge in [-0.3, -0.25) is 0 Å². The highest BCUT2D eigenvalue weighted by Crippen LogP contribution is 2.41. The number of thiol groups is 1. The van der Waals surface area contributed by atoms with Crippen molar-refractivity contribution in [3.05, 3.63) is 23.3 Å². The number of rotatable bonds is 6. The van der Waals surface area contributed by atoms with Crippen molar-refractivity contribution in [2.24, 2.45) is 11.8 Å². The van der Waals surface area contributed by atoms with Crippen LogP contribution in [0.4, 0.5) is 0 Å². The van der Waals surface area contributed by atoms with Gasteiger partial charge in [0, 0.05) is 5.25 Å². The van der Waals surface area contributed by atoms with Gasteiger partial charge in [0.1, 0.15) is 0 Å². The van der Waals surface area contributed by atoms with Gasteiger partial charge in [-0.05, 0) is 49.5 Å². The van der Waals surface area contributed by atoms with Crippen molar-refractivity contribution in [3.8, 4) is 0 Å². The average molecular weight is 279 g/mol. The van der Waals surface area contributed by atoms with E-state index in [0.29, 0.717) is 5.25 Å². The zero-order valence-corrected chi connectivity index (χ0v) is 13.6. The third-order valence-electron chi connectivity index (χ3n) is 4.89. The molecule has 19 heavy (non-hydrogen) atoms. The second-order valence-electron chi connectivity index (χ2n) is 6.44. The molecule has 1 heteroatoms. The third-order valence-corrected chi connectivity index (χ3v) is 5.44. The first kappa shape index (κ1) is 15.2. The molecule has 0 N–H and O–H groups in total. The molecule has 2 rings (SSSR count). The van der Waals surface area contributed by atoms with E-state index in [0.717, 1.165) is 11.8 Å². The summed E-state index contributed by atoms with van der Waals surface area (Å²) in [4.78, 5) is 0. The Labute approximate surface area is 125 Å². The molecule has 0 heterocycles. The number of unbranched alkanes of at least 4 members (excludes halogenated alkanes) is 1. The van der Waals surface area contributed by atoms with Gasteiger partial charge in [-0.25, -0.2) is 0 Å². The molecule has 0 aromatic rings. The summed E-state index contributed by atoms with van der Waals surface area (Å²) in [5.74, 6) is 1.86. The standard InChI is InChI=1S/C18H30S/c1-3-5-7-14-8-9-16-13-17(18(19)6-4-2)11-10-15(16)12-14/h11,13-15,18-19H,3-10,12H2,1-2H3. The summed E-state index contributed by atoms with van der Waals surface area (Å²) in [5, 5.41) is 0.469. The van der Waals surface area contributed by atoms with Crippen LogP contribution in [-0.2, 0) is 0 Å². The monoisotopic (exact) mass is 278 g/mol. The van der Waals surface area contributed by atoms with Gasteiger partial charge >= 0.3 is 0 Å². The van der Waals surface area contributed by atoms with E-state index in [1.165, 1.54) is 63.4 Å². The van der Waals surface area contributed by atoms with Crippen molar-refractivity contribution in [2.45, 2.75) is 76.9 Å². The number of fused-ring (bicyclic) bond motifs is 1. The Hall–Kier alpha value is -0.170. The molecular formula is C18H30S. The summed E-state index contributed by atoms with van der Waals surface area (Å²) in [7, 11) is 0. The van der Waals surface area contributed by atoms with Crippen LogP contribution in [0.2, 0.25) is 0 Å². The highest BCUT2D eigenvalue weighted by molar-refractivity contribution is 7.81. The Balaban J connectivity index is 1.90. The first-order valence-corrected chi connectivity index (χ1v) is 8.84. The average Bonchev–Trinajstić information content (AvgIpc) is 2.44. The number of hydrogen-bond donors (Lipinski definition) is 1. The van der Waals surface area contributed by atoms with E-state index in [2.05, 4.69) is 26.0 Å². The van der Waals surface area contributed by atoms with Gasteiger partial charge in [0.15, 0.2) is 0 Å². The summed E-state index contributed by atoms with van der Waals surface area (Å²) in [6.45, 7) is 4.56. The van der Waals surface area contributed by atoms with Gasteiger partial charge in [-0.1, -0.05) is 57.3 Å². The van der Waals surface area contributed by atoms with Crippen LogP contribution < -0.4 is 0 Å². The van der Waals surface area contributed by atoms with E-state index in [9.17, 15) is 0 Å². The van der Waals surface area contributed by atoms with Crippen molar-refractivity contribution < 1.29 is 0 Å². The van der Waals surface area contributed by atoms with Crippen LogP contribution in [0.25, 0.3) is 0 Å². The Morgan fingerprint density at radius 1 is 1.32 bits per heavy atom. The van der Waals surface area contributed by atoms with E-state index in [1.54, 1.807) is 5.57 Å². The van der Waals surface area contributed by atoms with Gasteiger partial charge in [0.25, 0.3) is 0 Å². The summed E-state index contributed by atoms with van der Waals surface area (Å²) in [6.07, 6.45) is 17.2. The molecule has 0 aliphatic heterocycles. The lowest BCUT2D eigenvalue weighted by Gasteiger charge is -2.34. The predicted octanol–water partition coefficient (Wildman–Crippen LogP) is 5.95. The molecule has 0 amide bonds. The van der Waals surface area contributed by atoms with Gasteiger partial charge in [0.2, 0.25) is 0 Å². The molecular weight excluding hydrogens is 248 g/mol. The molecule has 108 valence electrons. The second kappa shape index (κ2) is 7.57. The molecule has 2 aliphatic rings. The van der Waals surface area contributed by atoms with E-state index < -0.39 is 0 Å². The fourth-order valence-corrected chi connectivity index (χ4v) is 4.10. The minimum Gasteiger partial charge on any atom is -0.171 e. The first-order valence-electron chi connectivity index (χ1n) is 8.33. The van der Waals surface area contributed by atoms with E-state index in [-0.39, 0.29) is 0 Å². The zero-order valence-electron chi connectivity index (χ0n) is 12.7. The topological polar surface area (TPSA) is 0 Å².